The molecule has 1 heterocycles. The summed E-state index contributed by atoms with van der Waals surface area (Å²) in [7, 11) is 0. The van der Waals surface area contributed by atoms with E-state index in [0.717, 1.165) is 16.8 Å². The van der Waals surface area contributed by atoms with E-state index in [9.17, 15) is 4.79 Å². The molecule has 1 N–H and O–H groups in total. The van der Waals surface area contributed by atoms with Gasteiger partial charge in [0.1, 0.15) is 12.4 Å². The normalized spacial score (nSPS) is 11.7. The molecule has 0 saturated carbocycles. The summed E-state index contributed by atoms with van der Waals surface area (Å²) < 4.78 is 7.80. The van der Waals surface area contributed by atoms with Crippen LogP contribution >= 0.6 is 23.4 Å². The zero-order valence-electron chi connectivity index (χ0n) is 18.9. The van der Waals surface area contributed by atoms with Gasteiger partial charge < -0.3 is 10.1 Å². The standard InChI is InChI=1S/C26H25ClN4O2S/c1-18-10-6-7-13-21(18)19(2)28-25(32)17-34-26-30-29-24(31(26)20-11-4-3-5-12-20)16-33-23-15-9-8-14-22(23)27/h3-15,19H,16-17H2,1-2H3,(H,28,32). The fourth-order valence-corrected chi connectivity index (χ4v) is 4.56. The summed E-state index contributed by atoms with van der Waals surface area (Å²) in [5, 5.41) is 12.9. The third kappa shape index (κ3) is 5.79. The summed E-state index contributed by atoms with van der Waals surface area (Å²) in [6.45, 7) is 4.21. The van der Waals surface area contributed by atoms with Crippen LogP contribution in [0.4, 0.5) is 0 Å². The fraction of sp³-hybridized carbons (Fsp3) is 0.192. The molecule has 0 fully saturated rings. The Labute approximate surface area is 208 Å². The quantitative estimate of drug-likeness (QED) is 0.300. The Morgan fingerprint density at radius 3 is 2.50 bits per heavy atom. The number of rotatable bonds is 9. The smallest absolute Gasteiger partial charge is 0.230 e. The number of hydrogen-bond acceptors (Lipinski definition) is 5. The zero-order chi connectivity index (χ0) is 23.9. The van der Waals surface area contributed by atoms with Crippen LogP contribution in [0.15, 0.2) is 84.0 Å². The van der Waals surface area contributed by atoms with Gasteiger partial charge in [-0.15, -0.1) is 10.2 Å². The Balaban J connectivity index is 1.47. The van der Waals surface area contributed by atoms with Gasteiger partial charge in [0.25, 0.3) is 0 Å². The summed E-state index contributed by atoms with van der Waals surface area (Å²) in [5.74, 6) is 1.33. The van der Waals surface area contributed by atoms with Crippen LogP contribution in [0, 0.1) is 6.92 Å². The van der Waals surface area contributed by atoms with Crippen molar-refractivity contribution in [1.29, 1.82) is 0 Å². The van der Waals surface area contributed by atoms with Crippen molar-refractivity contribution in [3.8, 4) is 11.4 Å². The molecule has 8 heteroatoms. The summed E-state index contributed by atoms with van der Waals surface area (Å²) >= 11 is 7.55. The van der Waals surface area contributed by atoms with Gasteiger partial charge in [0, 0.05) is 5.69 Å². The van der Waals surface area contributed by atoms with E-state index < -0.39 is 0 Å². The lowest BCUT2D eigenvalue weighted by molar-refractivity contribution is -0.119. The minimum atomic E-state index is -0.0825. The first kappa shape index (κ1) is 23.9. The molecule has 6 nitrogen and oxygen atoms in total. The number of para-hydroxylation sites is 2. The molecule has 4 aromatic rings. The lowest BCUT2D eigenvalue weighted by Crippen LogP contribution is -2.28. The second kappa shape index (κ2) is 11.2. The number of aryl methyl sites for hydroxylation is 1. The first-order valence-corrected chi connectivity index (χ1v) is 12.2. The molecule has 1 unspecified atom stereocenters. The summed E-state index contributed by atoms with van der Waals surface area (Å²) in [5.41, 5.74) is 3.14. The number of hydrogen-bond donors (Lipinski definition) is 1. The predicted octanol–water partition coefficient (Wildman–Crippen LogP) is 5.78. The van der Waals surface area contributed by atoms with Gasteiger partial charge in [0.05, 0.1) is 16.8 Å². The van der Waals surface area contributed by atoms with Crippen molar-refractivity contribution in [3.63, 3.8) is 0 Å². The topological polar surface area (TPSA) is 69.0 Å². The lowest BCUT2D eigenvalue weighted by atomic mass is 10.0. The van der Waals surface area contributed by atoms with Gasteiger partial charge in [-0.3, -0.25) is 9.36 Å². The number of thioether (sulfide) groups is 1. The molecular weight excluding hydrogens is 468 g/mol. The van der Waals surface area contributed by atoms with Gasteiger partial charge in [-0.2, -0.15) is 0 Å². The minimum Gasteiger partial charge on any atom is -0.484 e. The van der Waals surface area contributed by atoms with E-state index in [1.807, 2.05) is 85.1 Å². The maximum Gasteiger partial charge on any atom is 0.230 e. The van der Waals surface area contributed by atoms with Crippen molar-refractivity contribution in [3.05, 3.63) is 101 Å². The van der Waals surface area contributed by atoms with Crippen LogP contribution in [-0.4, -0.2) is 26.4 Å². The maximum absolute atomic E-state index is 12.7. The molecule has 3 aromatic carbocycles. The molecule has 1 aromatic heterocycles. The van der Waals surface area contributed by atoms with E-state index in [2.05, 4.69) is 15.5 Å². The molecule has 0 bridgehead atoms. The number of amides is 1. The first-order chi connectivity index (χ1) is 16.5. The minimum absolute atomic E-state index is 0.0720. The molecule has 0 saturated heterocycles. The average molecular weight is 493 g/mol. The van der Waals surface area contributed by atoms with Crippen molar-refractivity contribution in [2.75, 3.05) is 5.75 Å². The average Bonchev–Trinajstić information content (AvgIpc) is 3.26. The largest absolute Gasteiger partial charge is 0.484 e. The highest BCUT2D eigenvalue weighted by Crippen LogP contribution is 2.26. The molecule has 34 heavy (non-hydrogen) atoms. The van der Waals surface area contributed by atoms with Crippen LogP contribution in [0.5, 0.6) is 5.75 Å². The van der Waals surface area contributed by atoms with Gasteiger partial charge >= 0.3 is 0 Å². The number of halogens is 1. The van der Waals surface area contributed by atoms with E-state index in [1.54, 1.807) is 12.1 Å². The molecule has 1 amide bonds. The number of carbonyl (C=O) groups excluding carboxylic acids is 1. The van der Waals surface area contributed by atoms with E-state index >= 15 is 0 Å². The number of nitrogens with one attached hydrogen (secondary N) is 1. The number of carbonyl (C=O) groups is 1. The second-order valence-corrected chi connectivity index (χ2v) is 9.07. The van der Waals surface area contributed by atoms with Crippen LogP contribution in [0.1, 0.15) is 29.9 Å². The van der Waals surface area contributed by atoms with Gasteiger partial charge in [0.2, 0.25) is 5.91 Å². The van der Waals surface area contributed by atoms with Gasteiger partial charge in [-0.05, 0) is 49.2 Å². The van der Waals surface area contributed by atoms with Crippen molar-refractivity contribution < 1.29 is 9.53 Å². The van der Waals surface area contributed by atoms with Crippen LogP contribution < -0.4 is 10.1 Å². The molecule has 0 aliphatic carbocycles. The SMILES string of the molecule is Cc1ccccc1C(C)NC(=O)CSc1nnc(COc2ccccc2Cl)n1-c1ccccc1. The summed E-state index contributed by atoms with van der Waals surface area (Å²) in [6, 6.07) is 25.0. The second-order valence-electron chi connectivity index (χ2n) is 7.72. The van der Waals surface area contributed by atoms with Crippen LogP contribution in [0.2, 0.25) is 5.02 Å². The number of ether oxygens (including phenoxy) is 1. The fourth-order valence-electron chi connectivity index (χ4n) is 3.59. The van der Waals surface area contributed by atoms with Crippen molar-refractivity contribution in [1.82, 2.24) is 20.1 Å². The molecule has 174 valence electrons. The van der Waals surface area contributed by atoms with Gasteiger partial charge in [-0.25, -0.2) is 0 Å². The Kier molecular flexibility index (Phi) is 7.87. The highest BCUT2D eigenvalue weighted by atomic mass is 35.5. The predicted molar refractivity (Wildman–Crippen MR) is 136 cm³/mol. The van der Waals surface area contributed by atoms with E-state index in [-0.39, 0.29) is 24.3 Å². The van der Waals surface area contributed by atoms with E-state index in [0.29, 0.717) is 21.8 Å². The van der Waals surface area contributed by atoms with Crippen LogP contribution in [-0.2, 0) is 11.4 Å². The highest BCUT2D eigenvalue weighted by Gasteiger charge is 2.18. The number of benzene rings is 3. The summed E-state index contributed by atoms with van der Waals surface area (Å²) in [6.07, 6.45) is 0. The van der Waals surface area contributed by atoms with Gasteiger partial charge in [-0.1, -0.05) is 78.0 Å². The van der Waals surface area contributed by atoms with Crippen LogP contribution in [0.3, 0.4) is 0 Å². The van der Waals surface area contributed by atoms with E-state index in [4.69, 9.17) is 16.3 Å². The molecule has 4 rings (SSSR count). The first-order valence-electron chi connectivity index (χ1n) is 10.9. The lowest BCUT2D eigenvalue weighted by Gasteiger charge is -2.16. The Morgan fingerprint density at radius 2 is 1.74 bits per heavy atom. The van der Waals surface area contributed by atoms with Crippen LogP contribution in [0.25, 0.3) is 5.69 Å². The van der Waals surface area contributed by atoms with Crippen molar-refractivity contribution in [2.45, 2.75) is 31.7 Å². The third-order valence-electron chi connectivity index (χ3n) is 5.27. The molecule has 0 aliphatic rings. The molecule has 0 radical (unpaired) electrons. The maximum atomic E-state index is 12.7. The molecule has 0 aliphatic heterocycles. The van der Waals surface area contributed by atoms with Crippen molar-refractivity contribution >= 4 is 29.3 Å². The van der Waals surface area contributed by atoms with Crippen molar-refractivity contribution in [2.24, 2.45) is 0 Å². The molecular formula is C26H25ClN4O2S. The molecule has 1 atom stereocenters. The van der Waals surface area contributed by atoms with E-state index in [1.165, 1.54) is 11.8 Å². The monoisotopic (exact) mass is 492 g/mol. The highest BCUT2D eigenvalue weighted by molar-refractivity contribution is 7.99. The summed E-state index contributed by atoms with van der Waals surface area (Å²) in [4.78, 5) is 12.7. The number of nitrogens with zero attached hydrogens (tertiary/aromatic N) is 3. The Bertz CT molecular complexity index is 1260. The molecule has 0 spiro atoms. The Hall–Kier alpha value is -3.29. The third-order valence-corrected chi connectivity index (χ3v) is 6.51. The Morgan fingerprint density at radius 1 is 1.03 bits per heavy atom. The van der Waals surface area contributed by atoms with Gasteiger partial charge in [0.15, 0.2) is 11.0 Å². The zero-order valence-corrected chi connectivity index (χ0v) is 20.5. The number of aromatic nitrogens is 3.